The van der Waals surface area contributed by atoms with E-state index in [4.69, 9.17) is 9.47 Å². The molecule has 0 aliphatic heterocycles. The van der Waals surface area contributed by atoms with Crippen molar-refractivity contribution in [3.63, 3.8) is 0 Å². The van der Waals surface area contributed by atoms with Gasteiger partial charge in [0, 0.05) is 26.1 Å². The van der Waals surface area contributed by atoms with Crippen molar-refractivity contribution in [2.45, 2.75) is 97.7 Å². The quantitative estimate of drug-likeness (QED) is 0.290. The fourth-order valence-corrected chi connectivity index (χ4v) is 2.94. The number of methoxy groups -OCH3 is 1. The van der Waals surface area contributed by atoms with Gasteiger partial charge in [-0.2, -0.15) is 0 Å². The molecule has 0 aliphatic carbocycles. The Hall–Kier alpha value is -0.0800. The van der Waals surface area contributed by atoms with Gasteiger partial charge >= 0.3 is 0 Å². The summed E-state index contributed by atoms with van der Waals surface area (Å²) in [5.74, 6) is 0.124. The zero-order chi connectivity index (χ0) is 15.3. The van der Waals surface area contributed by atoms with Crippen LogP contribution in [-0.4, -0.2) is 19.5 Å². The van der Waals surface area contributed by atoms with Gasteiger partial charge in [-0.3, -0.25) is 0 Å². The Balaban J connectivity index is 4.14. The van der Waals surface area contributed by atoms with E-state index in [1.54, 1.807) is 0 Å². The number of unbranched alkanes of at least 4 members (excludes halogenated alkanes) is 6. The van der Waals surface area contributed by atoms with E-state index < -0.39 is 0 Å². The SMILES string of the molecule is CCCCCCCCC(C)C(CCCC)(OC)OCC. The van der Waals surface area contributed by atoms with Crippen LogP contribution < -0.4 is 0 Å². The van der Waals surface area contributed by atoms with Crippen molar-refractivity contribution < 1.29 is 9.47 Å². The molecule has 0 amide bonds. The zero-order valence-electron chi connectivity index (χ0n) is 14.7. The lowest BCUT2D eigenvalue weighted by atomic mass is 9.90. The lowest BCUT2D eigenvalue weighted by molar-refractivity contribution is -0.254. The highest BCUT2D eigenvalue weighted by Gasteiger charge is 2.35. The molecule has 20 heavy (non-hydrogen) atoms. The second-order valence-corrected chi connectivity index (χ2v) is 6.01. The lowest BCUT2D eigenvalue weighted by Gasteiger charge is -2.38. The number of hydrogen-bond donors (Lipinski definition) is 0. The first-order chi connectivity index (χ1) is 9.66. The Kier molecular flexibility index (Phi) is 12.6. The van der Waals surface area contributed by atoms with Crippen LogP contribution in [-0.2, 0) is 9.47 Å². The van der Waals surface area contributed by atoms with Gasteiger partial charge in [-0.1, -0.05) is 65.7 Å². The van der Waals surface area contributed by atoms with E-state index in [0.717, 1.165) is 13.0 Å². The second kappa shape index (κ2) is 12.6. The topological polar surface area (TPSA) is 18.5 Å². The van der Waals surface area contributed by atoms with Crippen LogP contribution in [0.25, 0.3) is 0 Å². The van der Waals surface area contributed by atoms with Crippen molar-refractivity contribution >= 4 is 0 Å². The summed E-state index contributed by atoms with van der Waals surface area (Å²) in [7, 11) is 1.81. The molecule has 2 atom stereocenters. The van der Waals surface area contributed by atoms with E-state index in [-0.39, 0.29) is 5.79 Å². The molecule has 0 saturated heterocycles. The van der Waals surface area contributed by atoms with Crippen LogP contribution in [0.2, 0.25) is 0 Å². The molecular weight excluding hydrogens is 248 g/mol. The summed E-state index contributed by atoms with van der Waals surface area (Å²) in [5.41, 5.74) is 0. The van der Waals surface area contributed by atoms with Crippen LogP contribution in [0.1, 0.15) is 91.9 Å². The van der Waals surface area contributed by atoms with Crippen LogP contribution in [0.5, 0.6) is 0 Å². The summed E-state index contributed by atoms with van der Waals surface area (Å²) < 4.78 is 11.8. The molecule has 0 bridgehead atoms. The fourth-order valence-electron chi connectivity index (χ4n) is 2.94. The zero-order valence-corrected chi connectivity index (χ0v) is 14.7. The van der Waals surface area contributed by atoms with Gasteiger partial charge in [0.1, 0.15) is 0 Å². The maximum Gasteiger partial charge on any atom is 0.170 e. The summed E-state index contributed by atoms with van der Waals surface area (Å²) >= 11 is 0. The molecule has 2 unspecified atom stereocenters. The minimum absolute atomic E-state index is 0.353. The van der Waals surface area contributed by atoms with Crippen LogP contribution in [0.4, 0.5) is 0 Å². The largest absolute Gasteiger partial charge is 0.353 e. The third-order valence-electron chi connectivity index (χ3n) is 4.35. The fraction of sp³-hybridized carbons (Fsp3) is 1.00. The van der Waals surface area contributed by atoms with Gasteiger partial charge in [-0.05, 0) is 19.8 Å². The van der Waals surface area contributed by atoms with Crippen molar-refractivity contribution in [3.8, 4) is 0 Å². The summed E-state index contributed by atoms with van der Waals surface area (Å²) in [6.07, 6.45) is 12.7. The van der Waals surface area contributed by atoms with E-state index in [1.807, 2.05) is 7.11 Å². The van der Waals surface area contributed by atoms with Crippen molar-refractivity contribution in [1.82, 2.24) is 0 Å². The molecule has 0 rings (SSSR count). The highest BCUT2D eigenvalue weighted by atomic mass is 16.7. The van der Waals surface area contributed by atoms with Gasteiger partial charge in [0.15, 0.2) is 5.79 Å². The van der Waals surface area contributed by atoms with E-state index in [9.17, 15) is 0 Å². The smallest absolute Gasteiger partial charge is 0.170 e. The molecule has 0 heterocycles. The van der Waals surface area contributed by atoms with Gasteiger partial charge in [0.05, 0.1) is 0 Å². The molecule has 0 spiro atoms. The Morgan fingerprint density at radius 2 is 1.45 bits per heavy atom. The third kappa shape index (κ3) is 7.64. The van der Waals surface area contributed by atoms with Gasteiger partial charge in [-0.15, -0.1) is 0 Å². The van der Waals surface area contributed by atoms with Crippen LogP contribution in [0.15, 0.2) is 0 Å². The summed E-state index contributed by atoms with van der Waals surface area (Å²) in [6.45, 7) is 9.59. The third-order valence-corrected chi connectivity index (χ3v) is 4.35. The molecule has 0 saturated carbocycles. The van der Waals surface area contributed by atoms with Gasteiger partial charge in [0.25, 0.3) is 0 Å². The number of rotatable bonds is 14. The van der Waals surface area contributed by atoms with Gasteiger partial charge < -0.3 is 9.47 Å². The van der Waals surface area contributed by atoms with Gasteiger partial charge in [0.2, 0.25) is 0 Å². The predicted molar refractivity (Wildman–Crippen MR) is 88.0 cm³/mol. The van der Waals surface area contributed by atoms with Crippen molar-refractivity contribution in [2.75, 3.05) is 13.7 Å². The summed E-state index contributed by atoms with van der Waals surface area (Å²) in [4.78, 5) is 0. The molecule has 2 heteroatoms. The highest BCUT2D eigenvalue weighted by molar-refractivity contribution is 4.77. The van der Waals surface area contributed by atoms with Crippen LogP contribution in [0.3, 0.4) is 0 Å². The second-order valence-electron chi connectivity index (χ2n) is 6.01. The van der Waals surface area contributed by atoms with Crippen molar-refractivity contribution in [3.05, 3.63) is 0 Å². The minimum atomic E-state index is -0.353. The minimum Gasteiger partial charge on any atom is -0.353 e. The first-order valence-corrected chi connectivity index (χ1v) is 8.85. The molecule has 2 nitrogen and oxygen atoms in total. The van der Waals surface area contributed by atoms with Crippen molar-refractivity contribution in [2.24, 2.45) is 5.92 Å². The van der Waals surface area contributed by atoms with E-state index in [2.05, 4.69) is 27.7 Å². The average Bonchev–Trinajstić information content (AvgIpc) is 2.47. The van der Waals surface area contributed by atoms with Crippen molar-refractivity contribution in [1.29, 1.82) is 0 Å². The standard InChI is InChI=1S/C18H38O2/c1-6-9-11-12-13-14-15-17(4)18(19-5,20-8-3)16-10-7-2/h17H,6-16H2,1-5H3. The normalized spacial score (nSPS) is 16.1. The van der Waals surface area contributed by atoms with E-state index in [0.29, 0.717) is 5.92 Å². The molecule has 0 aliphatic rings. The number of hydrogen-bond acceptors (Lipinski definition) is 2. The maximum atomic E-state index is 6.02. The predicted octanol–water partition coefficient (Wildman–Crippen LogP) is 5.94. The Morgan fingerprint density at radius 1 is 0.850 bits per heavy atom. The molecule has 0 radical (unpaired) electrons. The van der Waals surface area contributed by atoms with E-state index in [1.165, 1.54) is 57.8 Å². The molecule has 0 fully saturated rings. The molecule has 0 aromatic rings. The average molecular weight is 286 g/mol. The monoisotopic (exact) mass is 286 g/mol. The molecular formula is C18H38O2. The van der Waals surface area contributed by atoms with Gasteiger partial charge in [-0.25, -0.2) is 0 Å². The van der Waals surface area contributed by atoms with Crippen LogP contribution >= 0.6 is 0 Å². The molecule has 0 aromatic carbocycles. The molecule has 0 N–H and O–H groups in total. The Labute approximate surface area is 127 Å². The summed E-state index contributed by atoms with van der Waals surface area (Å²) in [5, 5.41) is 0. The lowest BCUT2D eigenvalue weighted by Crippen LogP contribution is -2.41. The maximum absolute atomic E-state index is 6.02. The number of ether oxygens (including phenoxy) is 2. The van der Waals surface area contributed by atoms with Crippen LogP contribution in [0, 0.1) is 5.92 Å². The Bertz CT molecular complexity index is 206. The first kappa shape index (κ1) is 19.9. The Morgan fingerprint density at radius 3 is 2.00 bits per heavy atom. The molecule has 0 aromatic heterocycles. The van der Waals surface area contributed by atoms with E-state index >= 15 is 0 Å². The molecule has 122 valence electrons. The highest BCUT2D eigenvalue weighted by Crippen LogP contribution is 2.32. The summed E-state index contributed by atoms with van der Waals surface area (Å²) in [6, 6.07) is 0. The first-order valence-electron chi connectivity index (χ1n) is 8.85.